The second-order valence-electron chi connectivity index (χ2n) is 8.94. The third-order valence-electron chi connectivity index (χ3n) is 5.32. The van der Waals surface area contributed by atoms with Crippen molar-refractivity contribution in [2.45, 2.75) is 63.9 Å². The van der Waals surface area contributed by atoms with Crippen molar-refractivity contribution in [1.82, 2.24) is 10.2 Å². The van der Waals surface area contributed by atoms with Crippen LogP contribution in [0.2, 0.25) is 0 Å². The smallest absolute Gasteiger partial charge is 0.410 e. The average Bonchev–Trinajstić information content (AvgIpc) is 3.23. The van der Waals surface area contributed by atoms with Gasteiger partial charge < -0.3 is 14.7 Å². The van der Waals surface area contributed by atoms with E-state index in [0.29, 0.717) is 19.4 Å². The van der Waals surface area contributed by atoms with E-state index in [1.54, 1.807) is 4.90 Å². The lowest BCUT2D eigenvalue weighted by Crippen LogP contribution is -2.52. The van der Waals surface area contributed by atoms with Gasteiger partial charge in [-0.3, -0.25) is 5.32 Å². The maximum absolute atomic E-state index is 12.5. The second-order valence-corrected chi connectivity index (χ2v) is 8.94. The molecule has 164 valence electrons. The average molecular weight is 422 g/mol. The Morgan fingerprint density at radius 3 is 2.45 bits per heavy atom. The number of nitriles is 1. The molecule has 31 heavy (non-hydrogen) atoms. The number of benzene rings is 2. The number of amides is 1. The van der Waals surface area contributed by atoms with Crippen molar-refractivity contribution in [1.29, 1.82) is 5.26 Å². The van der Waals surface area contributed by atoms with Crippen LogP contribution >= 0.6 is 0 Å². The quantitative estimate of drug-likeness (QED) is 0.686. The van der Waals surface area contributed by atoms with E-state index in [2.05, 4.69) is 23.5 Å². The zero-order valence-electron chi connectivity index (χ0n) is 18.4. The molecule has 0 radical (unpaired) electrons. The summed E-state index contributed by atoms with van der Waals surface area (Å²) >= 11 is 0. The summed E-state index contributed by atoms with van der Waals surface area (Å²) in [5.74, 6) is 0. The SMILES string of the molecule is CC(C)(C)OC(=O)N1CCC[C@H]1C(O)N[C@H](C#N)Cc1ccc(-c2ccccc2)cc1. The Hall–Kier alpha value is -2.88. The van der Waals surface area contributed by atoms with E-state index >= 15 is 0 Å². The molecule has 1 amide bonds. The topological polar surface area (TPSA) is 85.6 Å². The maximum atomic E-state index is 12.5. The van der Waals surface area contributed by atoms with Crippen LogP contribution in [-0.2, 0) is 11.2 Å². The number of carbonyl (C=O) groups excluding carboxylic acids is 1. The van der Waals surface area contributed by atoms with Crippen LogP contribution < -0.4 is 5.32 Å². The molecule has 0 aromatic heterocycles. The normalized spacial score (nSPS) is 18.3. The van der Waals surface area contributed by atoms with Crippen molar-refractivity contribution in [2.24, 2.45) is 0 Å². The van der Waals surface area contributed by atoms with Crippen molar-refractivity contribution in [3.05, 3.63) is 60.2 Å². The van der Waals surface area contributed by atoms with E-state index in [1.807, 2.05) is 63.2 Å². The number of ether oxygens (including phenoxy) is 1. The van der Waals surface area contributed by atoms with Crippen LogP contribution in [0.15, 0.2) is 54.6 Å². The highest BCUT2D eigenvalue weighted by molar-refractivity contribution is 5.69. The van der Waals surface area contributed by atoms with Crippen molar-refractivity contribution in [2.75, 3.05) is 6.54 Å². The van der Waals surface area contributed by atoms with Crippen LogP contribution in [0.3, 0.4) is 0 Å². The van der Waals surface area contributed by atoms with Crippen LogP contribution in [0.25, 0.3) is 11.1 Å². The van der Waals surface area contributed by atoms with Gasteiger partial charge in [-0.1, -0.05) is 54.6 Å². The minimum atomic E-state index is -0.997. The summed E-state index contributed by atoms with van der Waals surface area (Å²) in [5.41, 5.74) is 2.66. The minimum Gasteiger partial charge on any atom is -0.444 e. The van der Waals surface area contributed by atoms with Crippen LogP contribution in [0, 0.1) is 11.3 Å². The molecule has 3 atom stereocenters. The number of nitrogens with one attached hydrogen (secondary N) is 1. The number of hydrogen-bond donors (Lipinski definition) is 2. The molecule has 6 nitrogen and oxygen atoms in total. The fraction of sp³-hybridized carbons (Fsp3) is 0.440. The Bertz CT molecular complexity index is 900. The lowest BCUT2D eigenvalue weighted by atomic mass is 10.0. The fourth-order valence-corrected chi connectivity index (χ4v) is 3.83. The Morgan fingerprint density at radius 2 is 1.84 bits per heavy atom. The number of likely N-dealkylation sites (tertiary alicyclic amines) is 1. The summed E-state index contributed by atoms with van der Waals surface area (Å²) < 4.78 is 5.46. The number of carbonyl (C=O) groups is 1. The second kappa shape index (κ2) is 9.95. The predicted octanol–water partition coefficient (Wildman–Crippen LogP) is 4.10. The van der Waals surface area contributed by atoms with Gasteiger partial charge in [-0.15, -0.1) is 0 Å². The molecule has 1 unspecified atom stereocenters. The molecule has 0 saturated carbocycles. The van der Waals surface area contributed by atoms with Gasteiger partial charge >= 0.3 is 6.09 Å². The van der Waals surface area contributed by atoms with Crippen LogP contribution in [0.4, 0.5) is 4.79 Å². The van der Waals surface area contributed by atoms with Gasteiger partial charge in [-0.05, 0) is 50.3 Å². The first kappa shape index (κ1) is 22.8. The van der Waals surface area contributed by atoms with E-state index in [9.17, 15) is 15.2 Å². The van der Waals surface area contributed by atoms with E-state index in [0.717, 1.165) is 23.1 Å². The Morgan fingerprint density at radius 1 is 1.19 bits per heavy atom. The zero-order valence-corrected chi connectivity index (χ0v) is 18.4. The molecule has 0 spiro atoms. The molecule has 1 fully saturated rings. The monoisotopic (exact) mass is 421 g/mol. The predicted molar refractivity (Wildman–Crippen MR) is 120 cm³/mol. The molecule has 1 heterocycles. The third kappa shape index (κ3) is 6.30. The molecule has 1 saturated heterocycles. The van der Waals surface area contributed by atoms with Gasteiger partial charge in [0.15, 0.2) is 0 Å². The van der Waals surface area contributed by atoms with Crippen molar-refractivity contribution in [3.63, 3.8) is 0 Å². The first-order chi connectivity index (χ1) is 14.8. The number of rotatable bonds is 6. The van der Waals surface area contributed by atoms with Gasteiger partial charge in [0.25, 0.3) is 0 Å². The summed E-state index contributed by atoms with van der Waals surface area (Å²) in [6.07, 6.45) is 0.490. The Kier molecular flexibility index (Phi) is 7.32. The minimum absolute atomic E-state index is 0.411. The van der Waals surface area contributed by atoms with E-state index in [4.69, 9.17) is 4.74 Å². The van der Waals surface area contributed by atoms with Crippen molar-refractivity contribution < 1.29 is 14.6 Å². The summed E-state index contributed by atoms with van der Waals surface area (Å²) in [6.45, 7) is 5.99. The zero-order chi connectivity index (χ0) is 22.4. The molecule has 3 rings (SSSR count). The Labute approximate surface area is 184 Å². The molecule has 2 aromatic carbocycles. The number of nitrogens with zero attached hydrogens (tertiary/aromatic N) is 2. The molecule has 1 aliphatic rings. The standard InChI is InChI=1S/C25H31N3O3/c1-25(2,3)31-24(30)28-15-7-10-22(28)23(29)27-21(17-26)16-18-11-13-20(14-12-18)19-8-5-4-6-9-19/h4-6,8-9,11-14,21-23,27,29H,7,10,15-16H2,1-3H3/t21-,22-,23?/m0/s1. The highest BCUT2D eigenvalue weighted by atomic mass is 16.6. The summed E-state index contributed by atoms with van der Waals surface area (Å²) in [6, 6.07) is 19.4. The maximum Gasteiger partial charge on any atom is 0.410 e. The highest BCUT2D eigenvalue weighted by Gasteiger charge is 2.37. The summed E-state index contributed by atoms with van der Waals surface area (Å²) in [7, 11) is 0. The molecule has 0 aliphatic carbocycles. The molecule has 2 aromatic rings. The van der Waals surface area contributed by atoms with Crippen LogP contribution in [0.1, 0.15) is 39.2 Å². The summed E-state index contributed by atoms with van der Waals surface area (Å²) in [4.78, 5) is 14.0. The van der Waals surface area contributed by atoms with E-state index < -0.39 is 30.0 Å². The van der Waals surface area contributed by atoms with Gasteiger partial charge in [0, 0.05) is 13.0 Å². The van der Waals surface area contributed by atoms with Gasteiger partial charge in [0.2, 0.25) is 0 Å². The number of aliphatic hydroxyl groups is 1. The largest absolute Gasteiger partial charge is 0.444 e. The van der Waals surface area contributed by atoms with E-state index in [-0.39, 0.29) is 0 Å². The van der Waals surface area contributed by atoms with Crippen molar-refractivity contribution in [3.8, 4) is 17.2 Å². The van der Waals surface area contributed by atoms with Gasteiger partial charge in [0.05, 0.1) is 12.1 Å². The van der Waals surface area contributed by atoms with E-state index in [1.165, 1.54) is 0 Å². The third-order valence-corrected chi connectivity index (χ3v) is 5.32. The van der Waals surface area contributed by atoms with Gasteiger partial charge in [0.1, 0.15) is 17.9 Å². The molecule has 2 N–H and O–H groups in total. The first-order valence-corrected chi connectivity index (χ1v) is 10.7. The fourth-order valence-electron chi connectivity index (χ4n) is 3.83. The number of aliphatic hydroxyl groups excluding tert-OH is 1. The molecule has 6 heteroatoms. The molecule has 0 bridgehead atoms. The van der Waals surface area contributed by atoms with Crippen LogP contribution in [0.5, 0.6) is 0 Å². The Balaban J connectivity index is 1.60. The lowest BCUT2D eigenvalue weighted by molar-refractivity contribution is -0.00263. The number of hydrogen-bond acceptors (Lipinski definition) is 5. The highest BCUT2D eigenvalue weighted by Crippen LogP contribution is 2.23. The first-order valence-electron chi connectivity index (χ1n) is 10.7. The lowest BCUT2D eigenvalue weighted by Gasteiger charge is -2.32. The molecular weight excluding hydrogens is 390 g/mol. The van der Waals surface area contributed by atoms with Crippen LogP contribution in [-0.4, -0.2) is 46.6 Å². The molecule has 1 aliphatic heterocycles. The molecular formula is C25H31N3O3. The van der Waals surface area contributed by atoms with Gasteiger partial charge in [-0.25, -0.2) is 4.79 Å². The van der Waals surface area contributed by atoms with Crippen molar-refractivity contribution >= 4 is 6.09 Å². The van der Waals surface area contributed by atoms with Gasteiger partial charge in [-0.2, -0.15) is 5.26 Å². The summed E-state index contributed by atoms with van der Waals surface area (Å²) in [5, 5.41) is 23.3.